The third-order valence-corrected chi connectivity index (χ3v) is 7.22. The van der Waals surface area contributed by atoms with Gasteiger partial charge in [-0.1, -0.05) is 52.3 Å². The first-order valence-electron chi connectivity index (χ1n) is 11.1. The van der Waals surface area contributed by atoms with Crippen molar-refractivity contribution in [1.82, 2.24) is 28.6 Å². The summed E-state index contributed by atoms with van der Waals surface area (Å²) in [6.45, 7) is 5.45. The van der Waals surface area contributed by atoms with E-state index in [0.717, 1.165) is 34.5 Å². The number of nitrogens with zero attached hydrogens (tertiary/aromatic N) is 6. The van der Waals surface area contributed by atoms with E-state index >= 15 is 0 Å². The predicted octanol–water partition coefficient (Wildman–Crippen LogP) is 3.92. The molecule has 5 rings (SSSR count). The van der Waals surface area contributed by atoms with E-state index in [2.05, 4.69) is 20.8 Å². The van der Waals surface area contributed by atoms with Crippen LogP contribution in [-0.4, -0.2) is 54.9 Å². The standard InChI is InChI=1S/C24H25BrN6O2S/c1-17-21(23(32)31(27(17)2)18-8-4-3-5-9-18)30-22(19-10-6-7-11-20(19)25)26-29(24(30)34)16-28-12-14-33-15-13-28/h3-11H,12-16H2,1-2H3. The van der Waals surface area contributed by atoms with Gasteiger partial charge in [-0.15, -0.1) is 5.10 Å². The van der Waals surface area contributed by atoms with Gasteiger partial charge in [-0.3, -0.25) is 18.9 Å². The quantitative estimate of drug-likeness (QED) is 0.359. The Morgan fingerprint density at radius 3 is 2.44 bits per heavy atom. The Kier molecular flexibility index (Phi) is 6.39. The molecule has 1 saturated heterocycles. The van der Waals surface area contributed by atoms with Crippen molar-refractivity contribution in [3.63, 3.8) is 0 Å². The summed E-state index contributed by atoms with van der Waals surface area (Å²) < 4.78 is 14.0. The smallest absolute Gasteiger partial charge is 0.296 e. The SMILES string of the molecule is Cc1c(-n2c(-c3ccccc3Br)nn(CN3CCOCC3)c2=S)c(=O)n(-c2ccccc2)n1C. The minimum absolute atomic E-state index is 0.151. The molecule has 0 aliphatic carbocycles. The van der Waals surface area contributed by atoms with Crippen LogP contribution in [0.5, 0.6) is 0 Å². The summed E-state index contributed by atoms with van der Waals surface area (Å²) in [5.74, 6) is 0.622. The third-order valence-electron chi connectivity index (χ3n) is 6.14. The van der Waals surface area contributed by atoms with Crippen LogP contribution < -0.4 is 5.56 Å². The molecule has 1 aliphatic heterocycles. The van der Waals surface area contributed by atoms with E-state index in [4.69, 9.17) is 22.1 Å². The molecule has 0 N–H and O–H groups in total. The van der Waals surface area contributed by atoms with Gasteiger partial charge in [0.15, 0.2) is 5.82 Å². The fourth-order valence-electron chi connectivity index (χ4n) is 4.26. The number of hydrogen-bond acceptors (Lipinski definition) is 5. The topological polar surface area (TPSA) is 62.1 Å². The molecule has 1 fully saturated rings. The average molecular weight is 541 g/mol. The molecular formula is C24H25BrN6O2S. The van der Waals surface area contributed by atoms with Gasteiger partial charge in [0, 0.05) is 30.2 Å². The predicted molar refractivity (Wildman–Crippen MR) is 137 cm³/mol. The lowest BCUT2D eigenvalue weighted by Crippen LogP contribution is -2.37. The van der Waals surface area contributed by atoms with E-state index in [1.807, 2.05) is 77.8 Å². The Morgan fingerprint density at radius 2 is 1.74 bits per heavy atom. The van der Waals surface area contributed by atoms with E-state index < -0.39 is 0 Å². The lowest BCUT2D eigenvalue weighted by atomic mass is 10.2. The van der Waals surface area contributed by atoms with Crippen molar-refractivity contribution < 1.29 is 4.74 Å². The second-order valence-electron chi connectivity index (χ2n) is 8.20. The lowest BCUT2D eigenvalue weighted by Gasteiger charge is -2.26. The number of ether oxygens (including phenoxy) is 1. The van der Waals surface area contributed by atoms with Crippen LogP contribution in [0, 0.1) is 11.7 Å². The summed E-state index contributed by atoms with van der Waals surface area (Å²) in [4.78, 5) is 16.1. The van der Waals surface area contributed by atoms with Crippen molar-refractivity contribution in [3.8, 4) is 22.8 Å². The zero-order valence-corrected chi connectivity index (χ0v) is 21.4. The Hall–Kier alpha value is -2.79. The van der Waals surface area contributed by atoms with Gasteiger partial charge in [0.1, 0.15) is 5.69 Å². The second kappa shape index (κ2) is 9.46. The highest BCUT2D eigenvalue weighted by atomic mass is 79.9. The molecule has 0 radical (unpaired) electrons. The van der Waals surface area contributed by atoms with Gasteiger partial charge < -0.3 is 4.74 Å². The summed E-state index contributed by atoms with van der Waals surface area (Å²) in [5.41, 5.74) is 2.79. The monoisotopic (exact) mass is 540 g/mol. The molecule has 10 heteroatoms. The highest BCUT2D eigenvalue weighted by Crippen LogP contribution is 2.29. The highest BCUT2D eigenvalue weighted by Gasteiger charge is 2.25. The summed E-state index contributed by atoms with van der Waals surface area (Å²) in [6, 6.07) is 17.4. The molecule has 34 heavy (non-hydrogen) atoms. The fourth-order valence-corrected chi connectivity index (χ4v) is 5.00. The average Bonchev–Trinajstić information content (AvgIpc) is 3.27. The maximum atomic E-state index is 13.8. The lowest BCUT2D eigenvalue weighted by molar-refractivity contribution is 0.0210. The molecule has 2 aromatic heterocycles. The zero-order chi connectivity index (χ0) is 23.8. The van der Waals surface area contributed by atoms with Gasteiger partial charge in [0.25, 0.3) is 5.56 Å². The molecule has 0 spiro atoms. The molecule has 1 aliphatic rings. The molecule has 8 nitrogen and oxygen atoms in total. The van der Waals surface area contributed by atoms with Crippen LogP contribution in [0.1, 0.15) is 5.69 Å². The normalized spacial score (nSPS) is 14.6. The summed E-state index contributed by atoms with van der Waals surface area (Å²) in [6.07, 6.45) is 0. The molecule has 176 valence electrons. The first kappa shape index (κ1) is 23.0. The molecule has 4 aromatic rings. The molecule has 0 bridgehead atoms. The number of hydrogen-bond donors (Lipinski definition) is 0. The van der Waals surface area contributed by atoms with E-state index in [1.54, 1.807) is 9.36 Å². The first-order chi connectivity index (χ1) is 16.5. The van der Waals surface area contributed by atoms with Crippen LogP contribution in [0.15, 0.2) is 63.9 Å². The fraction of sp³-hybridized carbons (Fsp3) is 0.292. The van der Waals surface area contributed by atoms with E-state index in [0.29, 0.717) is 36.2 Å². The van der Waals surface area contributed by atoms with E-state index in [1.165, 1.54) is 0 Å². The summed E-state index contributed by atoms with van der Waals surface area (Å²) in [7, 11) is 1.88. The molecule has 0 unspecified atom stereocenters. The van der Waals surface area contributed by atoms with E-state index in [9.17, 15) is 4.79 Å². The van der Waals surface area contributed by atoms with Crippen molar-refractivity contribution in [2.75, 3.05) is 26.3 Å². The van der Waals surface area contributed by atoms with Crippen LogP contribution in [0.3, 0.4) is 0 Å². The van der Waals surface area contributed by atoms with Gasteiger partial charge in [0.2, 0.25) is 4.77 Å². The van der Waals surface area contributed by atoms with Crippen LogP contribution in [-0.2, 0) is 18.5 Å². The Balaban J connectivity index is 1.74. The highest BCUT2D eigenvalue weighted by molar-refractivity contribution is 9.10. The Labute approximate surface area is 210 Å². The maximum Gasteiger partial charge on any atom is 0.296 e. The molecule has 0 atom stereocenters. The van der Waals surface area contributed by atoms with Gasteiger partial charge in [-0.2, -0.15) is 0 Å². The van der Waals surface area contributed by atoms with Crippen molar-refractivity contribution >= 4 is 28.1 Å². The van der Waals surface area contributed by atoms with E-state index in [-0.39, 0.29) is 5.56 Å². The van der Waals surface area contributed by atoms with Crippen molar-refractivity contribution in [2.24, 2.45) is 7.05 Å². The van der Waals surface area contributed by atoms with Crippen LogP contribution in [0.4, 0.5) is 0 Å². The Bertz CT molecular complexity index is 1450. The molecule has 0 saturated carbocycles. The number of halogens is 1. The summed E-state index contributed by atoms with van der Waals surface area (Å²) in [5, 5.41) is 4.91. The number of benzene rings is 2. The second-order valence-corrected chi connectivity index (χ2v) is 9.42. The minimum atomic E-state index is -0.151. The largest absolute Gasteiger partial charge is 0.379 e. The maximum absolute atomic E-state index is 13.8. The number of aromatic nitrogens is 5. The molecule has 0 amide bonds. The van der Waals surface area contributed by atoms with Gasteiger partial charge in [0.05, 0.1) is 31.3 Å². The van der Waals surface area contributed by atoms with Gasteiger partial charge in [-0.05, 0) is 37.3 Å². The first-order valence-corrected chi connectivity index (χ1v) is 12.3. The van der Waals surface area contributed by atoms with Gasteiger partial charge in [-0.25, -0.2) is 9.36 Å². The van der Waals surface area contributed by atoms with Crippen molar-refractivity contribution in [2.45, 2.75) is 13.6 Å². The van der Waals surface area contributed by atoms with Crippen LogP contribution in [0.2, 0.25) is 0 Å². The van der Waals surface area contributed by atoms with Crippen molar-refractivity contribution in [3.05, 3.63) is 79.9 Å². The van der Waals surface area contributed by atoms with Crippen LogP contribution >= 0.6 is 28.1 Å². The molecular weight excluding hydrogens is 516 g/mol. The number of para-hydroxylation sites is 1. The number of morpholine rings is 1. The van der Waals surface area contributed by atoms with Crippen molar-refractivity contribution in [1.29, 1.82) is 0 Å². The zero-order valence-electron chi connectivity index (χ0n) is 19.0. The molecule has 2 aromatic carbocycles. The summed E-state index contributed by atoms with van der Waals surface area (Å²) >= 11 is 9.58. The Morgan fingerprint density at radius 1 is 1.06 bits per heavy atom. The minimum Gasteiger partial charge on any atom is -0.379 e. The van der Waals surface area contributed by atoms with Gasteiger partial charge >= 0.3 is 0 Å². The van der Waals surface area contributed by atoms with Crippen LogP contribution in [0.25, 0.3) is 22.8 Å². The number of rotatable bonds is 5. The third kappa shape index (κ3) is 4.00. The molecule has 3 heterocycles.